The smallest absolute Gasteiger partial charge is 0.237 e. The molecular formula is C17H19N3OS. The number of benzene rings is 1. The van der Waals surface area contributed by atoms with Gasteiger partial charge in [-0.15, -0.1) is 0 Å². The molecule has 1 aromatic carbocycles. The number of carbonyl (C=O) groups is 1. The zero-order chi connectivity index (χ0) is 15.5. The predicted molar refractivity (Wildman–Crippen MR) is 91.2 cm³/mol. The molecule has 2 N–H and O–H groups in total. The SMILES string of the molecule is Cc1cccc2c1N(C(=O)CSc1cc(N)ccn1)CCC2. The number of aromatic nitrogens is 1. The molecule has 22 heavy (non-hydrogen) atoms. The van der Waals surface area contributed by atoms with Crippen molar-refractivity contribution in [2.24, 2.45) is 0 Å². The van der Waals surface area contributed by atoms with E-state index in [4.69, 9.17) is 5.73 Å². The minimum atomic E-state index is 0.129. The summed E-state index contributed by atoms with van der Waals surface area (Å²) >= 11 is 1.43. The van der Waals surface area contributed by atoms with Gasteiger partial charge in [0.2, 0.25) is 5.91 Å². The van der Waals surface area contributed by atoms with E-state index < -0.39 is 0 Å². The Kier molecular flexibility index (Phi) is 4.34. The number of para-hydroxylation sites is 1. The molecule has 0 atom stereocenters. The van der Waals surface area contributed by atoms with Gasteiger partial charge in [-0.2, -0.15) is 0 Å². The second-order valence-corrected chi connectivity index (χ2v) is 6.44. The largest absolute Gasteiger partial charge is 0.399 e. The highest BCUT2D eigenvalue weighted by atomic mass is 32.2. The summed E-state index contributed by atoms with van der Waals surface area (Å²) in [6.07, 6.45) is 3.73. The third-order valence-corrected chi connectivity index (χ3v) is 4.73. The third-order valence-electron chi connectivity index (χ3n) is 3.82. The Labute approximate surface area is 134 Å². The summed E-state index contributed by atoms with van der Waals surface area (Å²) in [5, 5.41) is 0.787. The fraction of sp³-hybridized carbons (Fsp3) is 0.294. The van der Waals surface area contributed by atoms with Crippen molar-refractivity contribution in [2.75, 3.05) is 22.9 Å². The van der Waals surface area contributed by atoms with Gasteiger partial charge in [-0.25, -0.2) is 4.98 Å². The molecule has 1 aromatic heterocycles. The molecule has 1 amide bonds. The van der Waals surface area contributed by atoms with Crippen molar-refractivity contribution in [1.29, 1.82) is 0 Å². The van der Waals surface area contributed by atoms with Gasteiger partial charge in [0.25, 0.3) is 0 Å². The average Bonchev–Trinajstić information content (AvgIpc) is 2.52. The molecule has 3 rings (SSSR count). The molecule has 1 aliphatic heterocycles. The summed E-state index contributed by atoms with van der Waals surface area (Å²) in [6.45, 7) is 2.86. The van der Waals surface area contributed by atoms with E-state index in [0.29, 0.717) is 11.4 Å². The van der Waals surface area contributed by atoms with Gasteiger partial charge in [0.05, 0.1) is 10.8 Å². The van der Waals surface area contributed by atoms with Crippen LogP contribution < -0.4 is 10.6 Å². The molecule has 0 saturated carbocycles. The molecule has 4 nitrogen and oxygen atoms in total. The van der Waals surface area contributed by atoms with Crippen LogP contribution in [0.15, 0.2) is 41.6 Å². The van der Waals surface area contributed by atoms with Crippen LogP contribution in [0.5, 0.6) is 0 Å². The maximum Gasteiger partial charge on any atom is 0.237 e. The molecule has 0 spiro atoms. The van der Waals surface area contributed by atoms with E-state index in [1.54, 1.807) is 18.3 Å². The fourth-order valence-electron chi connectivity index (χ4n) is 2.81. The topological polar surface area (TPSA) is 59.2 Å². The van der Waals surface area contributed by atoms with E-state index in [2.05, 4.69) is 30.1 Å². The minimum absolute atomic E-state index is 0.129. The maximum atomic E-state index is 12.6. The Morgan fingerprint density at radius 2 is 2.27 bits per heavy atom. The molecule has 0 bridgehead atoms. The highest BCUT2D eigenvalue weighted by molar-refractivity contribution is 7.99. The van der Waals surface area contributed by atoms with E-state index in [9.17, 15) is 4.79 Å². The number of fused-ring (bicyclic) bond motifs is 1. The molecule has 0 aliphatic carbocycles. The Hall–Kier alpha value is -2.01. The summed E-state index contributed by atoms with van der Waals surface area (Å²) in [6, 6.07) is 9.79. The number of nitrogen functional groups attached to an aromatic ring is 1. The quantitative estimate of drug-likeness (QED) is 0.885. The predicted octanol–water partition coefficient (Wildman–Crippen LogP) is 3.04. The van der Waals surface area contributed by atoms with Crippen LogP contribution in [0.1, 0.15) is 17.5 Å². The maximum absolute atomic E-state index is 12.6. The third kappa shape index (κ3) is 3.09. The first-order chi connectivity index (χ1) is 10.6. The number of aryl methyl sites for hydroxylation is 2. The summed E-state index contributed by atoms with van der Waals surface area (Å²) in [4.78, 5) is 18.8. The first-order valence-corrected chi connectivity index (χ1v) is 8.37. The van der Waals surface area contributed by atoms with Crippen molar-refractivity contribution in [3.8, 4) is 0 Å². The van der Waals surface area contributed by atoms with E-state index in [1.165, 1.54) is 17.3 Å². The van der Waals surface area contributed by atoms with Gasteiger partial charge in [-0.05, 0) is 43.0 Å². The van der Waals surface area contributed by atoms with Gasteiger partial charge >= 0.3 is 0 Å². The number of pyridine rings is 1. The fourth-order valence-corrected chi connectivity index (χ4v) is 3.60. The van der Waals surface area contributed by atoms with Crippen LogP contribution in [-0.4, -0.2) is 23.2 Å². The highest BCUT2D eigenvalue weighted by Crippen LogP contribution is 2.31. The van der Waals surface area contributed by atoms with E-state index >= 15 is 0 Å². The van der Waals surface area contributed by atoms with Crippen LogP contribution in [0.2, 0.25) is 0 Å². The van der Waals surface area contributed by atoms with Crippen molar-refractivity contribution in [2.45, 2.75) is 24.8 Å². The second-order valence-electron chi connectivity index (χ2n) is 5.45. The zero-order valence-corrected chi connectivity index (χ0v) is 13.4. The molecule has 114 valence electrons. The number of thioether (sulfide) groups is 1. The van der Waals surface area contributed by atoms with E-state index in [0.717, 1.165) is 35.7 Å². The minimum Gasteiger partial charge on any atom is -0.399 e. The molecule has 0 unspecified atom stereocenters. The molecule has 5 heteroatoms. The number of hydrogen-bond acceptors (Lipinski definition) is 4. The van der Waals surface area contributed by atoms with E-state index in [1.807, 2.05) is 4.90 Å². The summed E-state index contributed by atoms with van der Waals surface area (Å²) in [5.74, 6) is 0.508. The van der Waals surface area contributed by atoms with Crippen molar-refractivity contribution < 1.29 is 4.79 Å². The first kappa shape index (κ1) is 14.9. The lowest BCUT2D eigenvalue weighted by Gasteiger charge is -2.31. The van der Waals surface area contributed by atoms with Gasteiger partial charge in [-0.3, -0.25) is 4.79 Å². The lowest BCUT2D eigenvalue weighted by molar-refractivity contribution is -0.116. The van der Waals surface area contributed by atoms with Crippen LogP contribution in [0.4, 0.5) is 11.4 Å². The summed E-state index contributed by atoms with van der Waals surface area (Å²) in [7, 11) is 0. The molecule has 2 heterocycles. The Morgan fingerprint density at radius 1 is 1.41 bits per heavy atom. The molecule has 0 fully saturated rings. The summed E-state index contributed by atoms with van der Waals surface area (Å²) < 4.78 is 0. The first-order valence-electron chi connectivity index (χ1n) is 7.38. The average molecular weight is 313 g/mol. The Balaban J connectivity index is 1.74. The normalized spacial score (nSPS) is 13.8. The molecule has 1 aliphatic rings. The van der Waals surface area contributed by atoms with Crippen molar-refractivity contribution >= 4 is 29.0 Å². The number of nitrogens with zero attached hydrogens (tertiary/aromatic N) is 2. The molecular weight excluding hydrogens is 294 g/mol. The van der Waals surface area contributed by atoms with E-state index in [-0.39, 0.29) is 5.91 Å². The van der Waals surface area contributed by atoms with Gasteiger partial charge in [-0.1, -0.05) is 30.0 Å². The van der Waals surface area contributed by atoms with Crippen molar-refractivity contribution in [1.82, 2.24) is 4.98 Å². The number of hydrogen-bond donors (Lipinski definition) is 1. The zero-order valence-electron chi connectivity index (χ0n) is 12.6. The Bertz CT molecular complexity index is 702. The molecule has 0 radical (unpaired) electrons. The van der Waals surface area contributed by atoms with Crippen molar-refractivity contribution in [3.05, 3.63) is 47.7 Å². The van der Waals surface area contributed by atoms with Gasteiger partial charge < -0.3 is 10.6 Å². The summed E-state index contributed by atoms with van der Waals surface area (Å²) in [5.41, 5.74) is 9.94. The number of nitrogens with two attached hydrogens (primary N) is 1. The monoisotopic (exact) mass is 313 g/mol. The highest BCUT2D eigenvalue weighted by Gasteiger charge is 2.23. The van der Waals surface area contributed by atoms with Crippen LogP contribution in [0, 0.1) is 6.92 Å². The number of carbonyl (C=O) groups excluding carboxylic acids is 1. The lowest BCUT2D eigenvalue weighted by Crippen LogP contribution is -2.37. The van der Waals surface area contributed by atoms with Crippen LogP contribution in [0.3, 0.4) is 0 Å². The standard InChI is InChI=1S/C17H19N3OS/c1-12-4-2-5-13-6-3-9-20(17(12)13)16(21)11-22-15-10-14(18)7-8-19-15/h2,4-5,7-8,10H,3,6,9,11H2,1H3,(H2,18,19). The molecule has 2 aromatic rings. The second kappa shape index (κ2) is 6.40. The van der Waals surface area contributed by atoms with Crippen molar-refractivity contribution in [3.63, 3.8) is 0 Å². The number of amides is 1. The van der Waals surface area contributed by atoms with Gasteiger partial charge in [0.15, 0.2) is 0 Å². The van der Waals surface area contributed by atoms with Gasteiger partial charge in [0.1, 0.15) is 0 Å². The lowest BCUT2D eigenvalue weighted by atomic mass is 9.98. The van der Waals surface area contributed by atoms with Crippen LogP contribution in [0.25, 0.3) is 0 Å². The number of anilines is 2. The van der Waals surface area contributed by atoms with Crippen LogP contribution >= 0.6 is 11.8 Å². The van der Waals surface area contributed by atoms with Crippen LogP contribution in [-0.2, 0) is 11.2 Å². The molecule has 0 saturated heterocycles. The number of rotatable bonds is 3. The Morgan fingerprint density at radius 3 is 3.09 bits per heavy atom. The van der Waals surface area contributed by atoms with Gasteiger partial charge in [0, 0.05) is 24.1 Å².